The number of ether oxygens (including phenoxy) is 1. The van der Waals surface area contributed by atoms with Gasteiger partial charge in [-0.05, 0) is 42.3 Å². The van der Waals surface area contributed by atoms with Gasteiger partial charge in [0.1, 0.15) is 11.8 Å². The van der Waals surface area contributed by atoms with E-state index in [-0.39, 0.29) is 12.2 Å². The highest BCUT2D eigenvalue weighted by molar-refractivity contribution is 5.96. The monoisotopic (exact) mass is 422 g/mol. The average molecular weight is 423 g/mol. The molecule has 0 aliphatic rings. The number of carboxylic acid groups (broad SMARTS) is 1. The van der Waals surface area contributed by atoms with Crippen LogP contribution in [0.2, 0.25) is 0 Å². The van der Waals surface area contributed by atoms with Gasteiger partial charge in [0, 0.05) is 42.0 Å². The number of carbonyl (C=O) groups is 2. The molecule has 3 aromatic rings. The van der Waals surface area contributed by atoms with Crippen molar-refractivity contribution in [2.45, 2.75) is 45.1 Å². The van der Waals surface area contributed by atoms with Crippen molar-refractivity contribution in [3.63, 3.8) is 0 Å². The summed E-state index contributed by atoms with van der Waals surface area (Å²) in [4.78, 5) is 27.3. The second-order valence-corrected chi connectivity index (χ2v) is 7.66. The molecular formula is C25H30N2O4. The van der Waals surface area contributed by atoms with Crippen LogP contribution in [-0.4, -0.2) is 41.0 Å². The summed E-state index contributed by atoms with van der Waals surface area (Å²) in [7, 11) is 0. The zero-order valence-corrected chi connectivity index (χ0v) is 17.9. The van der Waals surface area contributed by atoms with Crippen LogP contribution in [0, 0.1) is 0 Å². The summed E-state index contributed by atoms with van der Waals surface area (Å²) in [5, 5.41) is 13.6. The van der Waals surface area contributed by atoms with E-state index in [1.165, 1.54) is 0 Å². The number of aromatic nitrogens is 1. The summed E-state index contributed by atoms with van der Waals surface area (Å²) >= 11 is 0. The maximum Gasteiger partial charge on any atom is 0.321 e. The molecule has 0 saturated carbocycles. The summed E-state index contributed by atoms with van der Waals surface area (Å²) in [6, 6.07) is 14.2. The fourth-order valence-corrected chi connectivity index (χ4v) is 3.55. The molecule has 31 heavy (non-hydrogen) atoms. The van der Waals surface area contributed by atoms with Gasteiger partial charge in [-0.2, -0.15) is 0 Å². The zero-order valence-electron chi connectivity index (χ0n) is 17.9. The largest absolute Gasteiger partial charge is 0.494 e. The number of benzene rings is 2. The number of rotatable bonds is 13. The first kappa shape index (κ1) is 22.6. The molecule has 2 aromatic carbocycles. The molecule has 6 heteroatoms. The van der Waals surface area contributed by atoms with Gasteiger partial charge >= 0.3 is 5.97 Å². The molecule has 0 bridgehead atoms. The molecule has 0 amide bonds. The number of hydrogen-bond acceptors (Lipinski definition) is 4. The quantitative estimate of drug-likeness (QED) is 0.277. The fourth-order valence-electron chi connectivity index (χ4n) is 3.55. The van der Waals surface area contributed by atoms with Crippen molar-refractivity contribution in [1.82, 2.24) is 10.3 Å². The zero-order chi connectivity index (χ0) is 22.1. The van der Waals surface area contributed by atoms with Crippen LogP contribution in [0.15, 0.2) is 54.7 Å². The molecule has 0 aliphatic carbocycles. The molecule has 6 nitrogen and oxygen atoms in total. The predicted octanol–water partition coefficient (Wildman–Crippen LogP) is 4.60. The van der Waals surface area contributed by atoms with Crippen LogP contribution in [-0.2, 0) is 11.2 Å². The van der Waals surface area contributed by atoms with Crippen LogP contribution in [0.3, 0.4) is 0 Å². The average Bonchev–Trinajstić information content (AvgIpc) is 3.19. The Morgan fingerprint density at radius 3 is 2.61 bits per heavy atom. The molecule has 1 heterocycles. The lowest BCUT2D eigenvalue weighted by Crippen LogP contribution is -2.39. The molecule has 0 aliphatic heterocycles. The van der Waals surface area contributed by atoms with Gasteiger partial charge < -0.3 is 20.1 Å². The van der Waals surface area contributed by atoms with Crippen molar-refractivity contribution < 1.29 is 19.4 Å². The van der Waals surface area contributed by atoms with Gasteiger partial charge in [-0.25, -0.2) is 0 Å². The van der Waals surface area contributed by atoms with E-state index in [1.54, 1.807) is 12.1 Å². The number of aliphatic carboxylic acids is 1. The number of fused-ring (bicyclic) bond motifs is 1. The van der Waals surface area contributed by atoms with Crippen LogP contribution in [0.4, 0.5) is 0 Å². The van der Waals surface area contributed by atoms with Crippen molar-refractivity contribution in [2.24, 2.45) is 0 Å². The Kier molecular flexibility index (Phi) is 8.24. The third-order valence-corrected chi connectivity index (χ3v) is 5.33. The Morgan fingerprint density at radius 2 is 1.87 bits per heavy atom. The van der Waals surface area contributed by atoms with Gasteiger partial charge in [-0.1, -0.05) is 38.0 Å². The van der Waals surface area contributed by atoms with Gasteiger partial charge in [0.15, 0.2) is 5.78 Å². The Bertz CT molecular complexity index is 994. The van der Waals surface area contributed by atoms with Gasteiger partial charge in [0.2, 0.25) is 0 Å². The minimum Gasteiger partial charge on any atom is -0.494 e. The van der Waals surface area contributed by atoms with E-state index in [4.69, 9.17) is 4.74 Å². The highest BCUT2D eigenvalue weighted by atomic mass is 16.5. The summed E-state index contributed by atoms with van der Waals surface area (Å²) < 4.78 is 5.67. The number of nitrogens with one attached hydrogen (secondary N) is 2. The first-order valence-corrected chi connectivity index (χ1v) is 10.9. The number of Topliss-reactive ketones (excluding diaryl/α,β-unsaturated/α-hetero) is 1. The summed E-state index contributed by atoms with van der Waals surface area (Å²) in [6.07, 6.45) is 5.73. The number of para-hydroxylation sites is 1. The topological polar surface area (TPSA) is 91.4 Å². The van der Waals surface area contributed by atoms with E-state index in [0.29, 0.717) is 25.1 Å². The Labute approximate surface area is 182 Å². The minimum atomic E-state index is -0.928. The molecule has 0 spiro atoms. The molecule has 1 atom stereocenters. The van der Waals surface area contributed by atoms with E-state index in [1.807, 2.05) is 42.6 Å². The molecule has 0 fully saturated rings. The number of H-pyrrole nitrogens is 1. The Morgan fingerprint density at radius 1 is 1.10 bits per heavy atom. The van der Waals surface area contributed by atoms with Gasteiger partial charge in [-0.15, -0.1) is 0 Å². The van der Waals surface area contributed by atoms with Crippen LogP contribution in [0.25, 0.3) is 10.9 Å². The molecule has 1 aromatic heterocycles. The molecule has 0 radical (unpaired) electrons. The summed E-state index contributed by atoms with van der Waals surface area (Å²) in [5.41, 5.74) is 2.53. The van der Waals surface area contributed by atoms with Crippen molar-refractivity contribution in [3.05, 3.63) is 65.9 Å². The summed E-state index contributed by atoms with van der Waals surface area (Å²) in [5.74, 6) is -0.195. The van der Waals surface area contributed by atoms with Crippen LogP contribution >= 0.6 is 0 Å². The number of hydrogen-bond donors (Lipinski definition) is 3. The van der Waals surface area contributed by atoms with Crippen molar-refractivity contribution in [2.75, 3.05) is 13.2 Å². The van der Waals surface area contributed by atoms with Gasteiger partial charge in [0.05, 0.1) is 6.61 Å². The third-order valence-electron chi connectivity index (χ3n) is 5.33. The lowest BCUT2D eigenvalue weighted by atomic mass is 10.0. The van der Waals surface area contributed by atoms with Gasteiger partial charge in [-0.3, -0.25) is 9.59 Å². The van der Waals surface area contributed by atoms with E-state index in [0.717, 1.165) is 41.5 Å². The molecular weight excluding hydrogens is 392 g/mol. The standard InChI is InChI=1S/C25H30N2O4/c1-2-3-6-15-31-20-11-9-18(10-12-20)24(28)13-14-26-23(25(29)30)16-19-17-27-22-8-5-4-7-21(19)22/h4-5,7-12,17,23,26-27H,2-3,6,13-16H2,1H3,(H,29,30)/t23-/m0/s1. The maximum atomic E-state index is 12.5. The third kappa shape index (κ3) is 6.43. The second kappa shape index (κ2) is 11.3. The Hall–Kier alpha value is -3.12. The van der Waals surface area contributed by atoms with E-state index in [9.17, 15) is 14.7 Å². The molecule has 0 saturated heterocycles. The van der Waals surface area contributed by atoms with Gasteiger partial charge in [0.25, 0.3) is 0 Å². The molecule has 164 valence electrons. The lowest BCUT2D eigenvalue weighted by molar-refractivity contribution is -0.139. The van der Waals surface area contributed by atoms with Crippen LogP contribution < -0.4 is 10.1 Å². The number of unbranched alkanes of at least 4 members (excludes halogenated alkanes) is 2. The first-order valence-electron chi connectivity index (χ1n) is 10.9. The fraction of sp³-hybridized carbons (Fsp3) is 0.360. The SMILES string of the molecule is CCCCCOc1ccc(C(=O)CCN[C@@H](Cc2c[nH]c3ccccc23)C(=O)O)cc1. The van der Waals surface area contributed by atoms with Crippen molar-refractivity contribution in [1.29, 1.82) is 0 Å². The maximum absolute atomic E-state index is 12.5. The van der Waals surface area contributed by atoms with E-state index in [2.05, 4.69) is 17.2 Å². The van der Waals surface area contributed by atoms with Crippen LogP contribution in [0.1, 0.15) is 48.5 Å². The highest BCUT2D eigenvalue weighted by Crippen LogP contribution is 2.19. The second-order valence-electron chi connectivity index (χ2n) is 7.66. The number of carbonyl (C=O) groups excluding carboxylic acids is 1. The molecule has 0 unspecified atom stereocenters. The smallest absolute Gasteiger partial charge is 0.321 e. The van der Waals surface area contributed by atoms with E-state index < -0.39 is 12.0 Å². The Balaban J connectivity index is 1.49. The first-order chi connectivity index (χ1) is 15.1. The minimum absolute atomic E-state index is 0.0266. The number of ketones is 1. The normalized spacial score (nSPS) is 12.0. The van der Waals surface area contributed by atoms with Crippen molar-refractivity contribution in [3.8, 4) is 5.75 Å². The molecule has 3 rings (SSSR count). The van der Waals surface area contributed by atoms with Crippen LogP contribution in [0.5, 0.6) is 5.75 Å². The number of carboxylic acids is 1. The van der Waals surface area contributed by atoms with E-state index >= 15 is 0 Å². The lowest BCUT2D eigenvalue weighted by Gasteiger charge is -2.14. The molecule has 3 N–H and O–H groups in total. The summed E-state index contributed by atoms with van der Waals surface area (Å²) in [6.45, 7) is 3.13. The highest BCUT2D eigenvalue weighted by Gasteiger charge is 2.19. The predicted molar refractivity (Wildman–Crippen MR) is 122 cm³/mol. The number of aromatic amines is 1. The van der Waals surface area contributed by atoms with Crippen molar-refractivity contribution >= 4 is 22.7 Å².